The van der Waals surface area contributed by atoms with Crippen LogP contribution in [0.5, 0.6) is 0 Å². The number of hydrogen-bond acceptors (Lipinski definition) is 12. The molecular formula is C43H51F6N13O3. The number of alkyl halides is 6. The summed E-state index contributed by atoms with van der Waals surface area (Å²) in [5, 5.41) is 5.62. The van der Waals surface area contributed by atoms with Crippen molar-refractivity contribution >= 4 is 35.3 Å². The van der Waals surface area contributed by atoms with Crippen LogP contribution in [0.1, 0.15) is 94.7 Å². The molecule has 10 heterocycles. The minimum absolute atomic E-state index is 0.0642. The molecule has 0 aromatic carbocycles. The number of carbonyl (C=O) groups excluding carboxylic acids is 2. The quantitative estimate of drug-likeness (QED) is 0.168. The van der Waals surface area contributed by atoms with E-state index >= 15 is 0 Å². The summed E-state index contributed by atoms with van der Waals surface area (Å²) >= 11 is 0. The average Bonchev–Trinajstić information content (AvgIpc) is 4.13. The number of hydrogen-bond donors (Lipinski definition) is 4. The van der Waals surface area contributed by atoms with Gasteiger partial charge in [-0.05, 0) is 74.7 Å². The Kier molecular flexibility index (Phi) is 13.3. The lowest BCUT2D eigenvalue weighted by atomic mass is 10.1. The first kappa shape index (κ1) is 45.7. The molecule has 0 bridgehead atoms. The number of ether oxygens (including phenoxy) is 1. The zero-order chi connectivity index (χ0) is 46.0. The zero-order valence-corrected chi connectivity index (χ0v) is 36.1. The SMILES string of the molecule is CC.CN1CCc2ncc(NC(=O)c3cnc4n3NC(N3CCCC3C(F)(F)F)C=C4)cc2C1.O=C(Nc1cnc2c(c1)COCC2)c1cnc2n1NC(N1CCCC1C(F)(F)F)C=C2. The molecule has 6 aliphatic rings. The topological polar surface area (TPSA) is 163 Å². The number of likely N-dealkylation sites (tertiary alicyclic amines) is 2. The van der Waals surface area contributed by atoms with Gasteiger partial charge in [0.25, 0.3) is 11.8 Å². The minimum atomic E-state index is -4.30. The third-order valence-electron chi connectivity index (χ3n) is 12.0. The number of aromatic nitrogens is 6. The van der Waals surface area contributed by atoms with Crippen molar-refractivity contribution in [3.05, 3.63) is 94.6 Å². The summed E-state index contributed by atoms with van der Waals surface area (Å²) in [6, 6.07) is 0.714. The number of rotatable bonds is 6. The van der Waals surface area contributed by atoms with Gasteiger partial charge in [0, 0.05) is 56.0 Å². The molecule has 4 atom stereocenters. The Bertz CT molecular complexity index is 2430. The number of nitrogens with zero attached hydrogens (tertiary/aromatic N) is 9. The number of anilines is 2. The van der Waals surface area contributed by atoms with Gasteiger partial charge in [0.05, 0.1) is 49.4 Å². The summed E-state index contributed by atoms with van der Waals surface area (Å²) in [6.07, 6.45) is 5.28. The highest BCUT2D eigenvalue weighted by Gasteiger charge is 2.49. The van der Waals surface area contributed by atoms with Gasteiger partial charge >= 0.3 is 12.4 Å². The number of imidazole rings is 2. The normalized spacial score (nSPS) is 22.7. The van der Waals surface area contributed by atoms with Crippen molar-refractivity contribution < 1.29 is 40.7 Å². The fourth-order valence-corrected chi connectivity index (χ4v) is 8.91. The molecule has 2 amide bonds. The van der Waals surface area contributed by atoms with Crippen molar-refractivity contribution in [2.24, 2.45) is 0 Å². The Balaban J connectivity index is 0.000000171. The van der Waals surface area contributed by atoms with Crippen LogP contribution >= 0.6 is 0 Å². The molecule has 0 radical (unpaired) electrons. The van der Waals surface area contributed by atoms with Gasteiger partial charge in [-0.15, -0.1) is 0 Å². The van der Waals surface area contributed by atoms with Gasteiger partial charge in [-0.25, -0.2) is 19.3 Å². The van der Waals surface area contributed by atoms with Crippen LogP contribution < -0.4 is 21.5 Å². The summed E-state index contributed by atoms with van der Waals surface area (Å²) in [4.78, 5) is 48.0. The molecule has 65 heavy (non-hydrogen) atoms. The fraction of sp³-hybridized carbons (Fsp3) is 0.488. The van der Waals surface area contributed by atoms with Gasteiger partial charge in [-0.1, -0.05) is 13.8 Å². The first-order chi connectivity index (χ1) is 31.2. The van der Waals surface area contributed by atoms with Crippen LogP contribution in [0.15, 0.2) is 49.1 Å². The largest absolute Gasteiger partial charge is 0.404 e. The number of likely N-dealkylation sites (N-methyl/N-ethyl adjacent to an activating group) is 1. The second-order valence-corrected chi connectivity index (χ2v) is 16.3. The molecule has 4 aromatic heterocycles. The average molecular weight is 912 g/mol. The number of halogens is 6. The number of fused-ring (bicyclic) bond motifs is 4. The summed E-state index contributed by atoms with van der Waals surface area (Å²) in [5.41, 5.74) is 11.5. The van der Waals surface area contributed by atoms with Crippen LogP contribution in [0.25, 0.3) is 12.2 Å². The van der Waals surface area contributed by atoms with Crippen LogP contribution in [-0.2, 0) is 30.7 Å². The molecule has 10 rings (SSSR count). The number of carbonyl (C=O) groups is 2. The maximum absolute atomic E-state index is 13.4. The van der Waals surface area contributed by atoms with E-state index in [4.69, 9.17) is 4.74 Å². The Hall–Kier alpha value is -5.84. The van der Waals surface area contributed by atoms with E-state index in [0.29, 0.717) is 62.2 Å². The van der Waals surface area contributed by atoms with Crippen molar-refractivity contribution in [1.82, 2.24) is 44.0 Å². The van der Waals surface area contributed by atoms with E-state index in [-0.39, 0.29) is 24.2 Å². The Morgan fingerprint density at radius 1 is 0.692 bits per heavy atom. The molecule has 0 aliphatic carbocycles. The van der Waals surface area contributed by atoms with E-state index in [1.807, 2.05) is 33.0 Å². The molecular weight excluding hydrogens is 861 g/mol. The second-order valence-electron chi connectivity index (χ2n) is 16.3. The lowest BCUT2D eigenvalue weighted by Crippen LogP contribution is -2.52. The minimum Gasteiger partial charge on any atom is -0.376 e. The summed E-state index contributed by atoms with van der Waals surface area (Å²) in [7, 11) is 2.03. The highest BCUT2D eigenvalue weighted by molar-refractivity contribution is 6.04. The first-order valence-corrected chi connectivity index (χ1v) is 21.7. The maximum atomic E-state index is 13.4. The molecule has 348 valence electrons. The third kappa shape index (κ3) is 9.89. The van der Waals surface area contributed by atoms with Gasteiger partial charge in [-0.3, -0.25) is 29.4 Å². The van der Waals surface area contributed by atoms with Gasteiger partial charge in [-0.2, -0.15) is 26.3 Å². The van der Waals surface area contributed by atoms with Gasteiger partial charge in [0.1, 0.15) is 35.8 Å². The van der Waals surface area contributed by atoms with E-state index in [9.17, 15) is 35.9 Å². The molecule has 4 N–H and O–H groups in total. The first-order valence-electron chi connectivity index (χ1n) is 21.7. The highest BCUT2D eigenvalue weighted by atomic mass is 19.4. The molecule has 22 heteroatoms. The van der Waals surface area contributed by atoms with Crippen molar-refractivity contribution in [2.75, 3.05) is 54.8 Å². The second kappa shape index (κ2) is 18.9. The van der Waals surface area contributed by atoms with Gasteiger partial charge in [0.2, 0.25) is 0 Å². The number of nitrogens with one attached hydrogen (secondary N) is 4. The molecule has 0 spiro atoms. The standard InChI is InChI=1S/C21H24F3N7O.C20H21F3N6O2.C2H6/c1-29-8-6-15-13(12-29)9-14(10-25-15)27-20(32)16-11-26-18-4-5-19(28-31(16)18)30-7-2-3-17(30)21(22,23)24;21-20(22,23)16-2-1-6-28(16)18-4-3-17-25-10-15(29(17)27-18)19(30)26-13-8-12-11-31-7-5-14(12)24-9-13;1-2/h4-5,9-11,17,19,28H,2-3,6-8,12H2,1H3,(H,27,32);3-4,8-10,16,18,27H,1-2,5-7,11H2,(H,26,30);1-2H3. The van der Waals surface area contributed by atoms with E-state index in [0.717, 1.165) is 48.4 Å². The number of amides is 2. The molecule has 4 unspecified atom stereocenters. The predicted octanol–water partition coefficient (Wildman–Crippen LogP) is 5.99. The Morgan fingerprint density at radius 2 is 1.18 bits per heavy atom. The molecule has 2 fully saturated rings. The smallest absolute Gasteiger partial charge is 0.376 e. The summed E-state index contributed by atoms with van der Waals surface area (Å²) in [6.45, 7) is 7.42. The lowest BCUT2D eigenvalue weighted by molar-refractivity contribution is -0.179. The maximum Gasteiger partial charge on any atom is 0.404 e. The fourth-order valence-electron chi connectivity index (χ4n) is 8.91. The van der Waals surface area contributed by atoms with Gasteiger partial charge < -0.3 is 31.1 Å². The molecule has 16 nitrogen and oxygen atoms in total. The van der Waals surface area contributed by atoms with Crippen LogP contribution in [-0.4, -0.2) is 126 Å². The molecule has 4 aromatic rings. The lowest BCUT2D eigenvalue weighted by Gasteiger charge is -2.35. The van der Waals surface area contributed by atoms with E-state index in [1.165, 1.54) is 31.5 Å². The van der Waals surface area contributed by atoms with E-state index < -0.39 is 48.6 Å². The van der Waals surface area contributed by atoms with Crippen LogP contribution in [0.4, 0.5) is 37.7 Å². The highest BCUT2D eigenvalue weighted by Crippen LogP contribution is 2.36. The van der Waals surface area contributed by atoms with Gasteiger partial charge in [0.15, 0.2) is 11.6 Å². The predicted molar refractivity (Wildman–Crippen MR) is 230 cm³/mol. The zero-order valence-electron chi connectivity index (χ0n) is 36.1. The van der Waals surface area contributed by atoms with Crippen LogP contribution in [0.2, 0.25) is 0 Å². The summed E-state index contributed by atoms with van der Waals surface area (Å²) in [5.74, 6) is 0.0537. The van der Waals surface area contributed by atoms with Crippen LogP contribution in [0, 0.1) is 0 Å². The summed E-state index contributed by atoms with van der Waals surface area (Å²) < 4.78 is 88.7. The van der Waals surface area contributed by atoms with Crippen molar-refractivity contribution in [2.45, 2.75) is 102 Å². The molecule has 6 aliphatic heterocycles. The molecule has 0 saturated carbocycles. The number of pyridine rings is 2. The Morgan fingerprint density at radius 3 is 1.69 bits per heavy atom. The molecule has 2 saturated heterocycles. The van der Waals surface area contributed by atoms with E-state index in [1.54, 1.807) is 36.7 Å². The van der Waals surface area contributed by atoms with Crippen molar-refractivity contribution in [3.8, 4) is 0 Å². The van der Waals surface area contributed by atoms with Crippen molar-refractivity contribution in [3.63, 3.8) is 0 Å². The third-order valence-corrected chi connectivity index (χ3v) is 12.0. The monoisotopic (exact) mass is 911 g/mol. The van der Waals surface area contributed by atoms with Crippen LogP contribution in [0.3, 0.4) is 0 Å². The Labute approximate surface area is 371 Å². The van der Waals surface area contributed by atoms with Crippen molar-refractivity contribution in [1.29, 1.82) is 0 Å². The van der Waals surface area contributed by atoms with E-state index in [2.05, 4.69) is 46.3 Å².